The highest BCUT2D eigenvalue weighted by Gasteiger charge is 2.06. The van der Waals surface area contributed by atoms with Crippen LogP contribution < -0.4 is 20.1 Å². The van der Waals surface area contributed by atoms with Gasteiger partial charge in [-0.3, -0.25) is 0 Å². The van der Waals surface area contributed by atoms with Crippen LogP contribution in [0.5, 0.6) is 11.5 Å². The highest BCUT2D eigenvalue weighted by molar-refractivity contribution is 7.11. The molecule has 0 unspecified atom stereocenters. The molecule has 0 fully saturated rings. The van der Waals surface area contributed by atoms with E-state index in [1.165, 1.54) is 0 Å². The maximum atomic E-state index is 5.32. The third-order valence-corrected chi connectivity index (χ3v) is 3.95. The maximum Gasteiger partial charge on any atom is 0.196 e. The van der Waals surface area contributed by atoms with Crippen molar-refractivity contribution >= 4 is 23.0 Å². The van der Waals surface area contributed by atoms with E-state index in [9.17, 15) is 0 Å². The molecule has 0 saturated carbocycles. The van der Waals surface area contributed by atoms with E-state index in [1.54, 1.807) is 25.6 Å². The van der Waals surface area contributed by atoms with Gasteiger partial charge in [-0.15, -0.1) is 11.3 Å². The van der Waals surface area contributed by atoms with Crippen molar-refractivity contribution < 1.29 is 9.47 Å². The number of guanidine groups is 1. The number of nitrogens with zero attached hydrogens (tertiary/aromatic N) is 2. The second-order valence-electron chi connectivity index (χ2n) is 4.74. The standard InChI is InChI=1S/C16H22N4O2S/c1-5-17-16(19-10-13-9-18-11(2)23-13)20-12-6-7-14(21-3)15(8-12)22-4/h6-9H,5,10H2,1-4H3,(H2,17,19,20). The Morgan fingerprint density at radius 3 is 2.65 bits per heavy atom. The smallest absolute Gasteiger partial charge is 0.196 e. The van der Waals surface area contributed by atoms with E-state index in [-0.39, 0.29) is 0 Å². The first-order valence-corrected chi connectivity index (χ1v) is 8.16. The Bertz CT molecular complexity index is 670. The summed E-state index contributed by atoms with van der Waals surface area (Å²) in [7, 11) is 3.24. The van der Waals surface area contributed by atoms with Crippen molar-refractivity contribution in [2.45, 2.75) is 20.4 Å². The van der Waals surface area contributed by atoms with Crippen molar-refractivity contribution in [3.8, 4) is 11.5 Å². The Labute approximate surface area is 140 Å². The Hall–Kier alpha value is -2.28. The van der Waals surface area contributed by atoms with Crippen LogP contribution in [0.25, 0.3) is 0 Å². The summed E-state index contributed by atoms with van der Waals surface area (Å²) in [5.74, 6) is 2.08. The number of aromatic nitrogens is 1. The van der Waals surface area contributed by atoms with Crippen LogP contribution >= 0.6 is 11.3 Å². The van der Waals surface area contributed by atoms with Crippen LogP contribution in [0.2, 0.25) is 0 Å². The number of ether oxygens (including phenoxy) is 2. The average Bonchev–Trinajstić information content (AvgIpc) is 2.98. The second-order valence-corrected chi connectivity index (χ2v) is 6.05. The van der Waals surface area contributed by atoms with E-state index in [2.05, 4.69) is 20.6 Å². The fraction of sp³-hybridized carbons (Fsp3) is 0.375. The minimum atomic E-state index is 0.591. The van der Waals surface area contributed by atoms with E-state index >= 15 is 0 Å². The lowest BCUT2D eigenvalue weighted by atomic mass is 10.3. The molecule has 6 nitrogen and oxygen atoms in total. The van der Waals surface area contributed by atoms with E-state index in [0.29, 0.717) is 24.0 Å². The van der Waals surface area contributed by atoms with E-state index in [4.69, 9.17) is 9.47 Å². The van der Waals surface area contributed by atoms with E-state index < -0.39 is 0 Å². The lowest BCUT2D eigenvalue weighted by Crippen LogP contribution is -2.30. The van der Waals surface area contributed by atoms with Crippen molar-refractivity contribution in [3.63, 3.8) is 0 Å². The zero-order valence-electron chi connectivity index (χ0n) is 13.8. The van der Waals surface area contributed by atoms with Crippen LogP contribution in [0, 0.1) is 6.92 Å². The molecule has 124 valence electrons. The molecule has 7 heteroatoms. The van der Waals surface area contributed by atoms with Gasteiger partial charge in [-0.25, -0.2) is 9.98 Å². The molecule has 0 aliphatic rings. The first-order valence-electron chi connectivity index (χ1n) is 7.35. The van der Waals surface area contributed by atoms with Crippen LogP contribution in [-0.4, -0.2) is 31.7 Å². The number of thiazole rings is 1. The lowest BCUT2D eigenvalue weighted by Gasteiger charge is -2.13. The third-order valence-electron chi connectivity index (χ3n) is 3.05. The van der Waals surface area contributed by atoms with Crippen LogP contribution in [0.15, 0.2) is 29.4 Å². The molecular formula is C16H22N4O2S. The van der Waals surface area contributed by atoms with Gasteiger partial charge in [-0.2, -0.15) is 0 Å². The molecule has 23 heavy (non-hydrogen) atoms. The molecule has 0 atom stereocenters. The van der Waals surface area contributed by atoms with Gasteiger partial charge in [0.25, 0.3) is 0 Å². The number of aryl methyl sites for hydroxylation is 1. The predicted molar refractivity (Wildman–Crippen MR) is 94.8 cm³/mol. The summed E-state index contributed by atoms with van der Waals surface area (Å²) >= 11 is 1.65. The van der Waals surface area contributed by atoms with Crippen LogP contribution in [0.3, 0.4) is 0 Å². The highest BCUT2D eigenvalue weighted by atomic mass is 32.1. The van der Waals surface area contributed by atoms with E-state index in [0.717, 1.165) is 22.1 Å². The van der Waals surface area contributed by atoms with Crippen molar-refractivity contribution in [2.24, 2.45) is 4.99 Å². The molecule has 0 aliphatic carbocycles. The molecule has 0 saturated heterocycles. The van der Waals surface area contributed by atoms with Crippen LogP contribution in [0.4, 0.5) is 5.69 Å². The zero-order valence-corrected chi connectivity index (χ0v) is 14.7. The zero-order chi connectivity index (χ0) is 16.7. The van der Waals surface area contributed by atoms with Gasteiger partial charge in [0.15, 0.2) is 17.5 Å². The quantitative estimate of drug-likeness (QED) is 0.628. The van der Waals surface area contributed by atoms with E-state index in [1.807, 2.05) is 38.2 Å². The lowest BCUT2D eigenvalue weighted by molar-refractivity contribution is 0.355. The molecule has 2 N–H and O–H groups in total. The molecular weight excluding hydrogens is 312 g/mol. The van der Waals surface area contributed by atoms with Gasteiger partial charge in [0, 0.05) is 29.4 Å². The minimum Gasteiger partial charge on any atom is -0.493 e. The van der Waals surface area contributed by atoms with Crippen molar-refractivity contribution in [1.82, 2.24) is 10.3 Å². The number of hydrogen-bond acceptors (Lipinski definition) is 5. The first-order chi connectivity index (χ1) is 11.2. The molecule has 1 heterocycles. The number of nitrogens with one attached hydrogen (secondary N) is 2. The predicted octanol–water partition coefficient (Wildman–Crippen LogP) is 3.05. The summed E-state index contributed by atoms with van der Waals surface area (Å²) in [5, 5.41) is 7.54. The summed E-state index contributed by atoms with van der Waals surface area (Å²) in [6, 6.07) is 5.66. The first kappa shape index (κ1) is 17.1. The molecule has 0 radical (unpaired) electrons. The summed E-state index contributed by atoms with van der Waals surface area (Å²) in [5.41, 5.74) is 0.878. The molecule has 0 spiro atoms. The van der Waals surface area contributed by atoms with Gasteiger partial charge < -0.3 is 20.1 Å². The SMILES string of the molecule is CCNC(=NCc1cnc(C)s1)Nc1ccc(OC)c(OC)c1. The minimum absolute atomic E-state index is 0.591. The van der Waals surface area contributed by atoms with Gasteiger partial charge >= 0.3 is 0 Å². The molecule has 0 aliphatic heterocycles. The summed E-state index contributed by atoms with van der Waals surface area (Å²) in [4.78, 5) is 9.96. The number of benzene rings is 1. The Kier molecular flexibility index (Phi) is 6.22. The van der Waals surface area contributed by atoms with Gasteiger partial charge in [0.1, 0.15) is 0 Å². The number of rotatable bonds is 6. The number of anilines is 1. The maximum absolute atomic E-state index is 5.32. The monoisotopic (exact) mass is 334 g/mol. The average molecular weight is 334 g/mol. The Balaban J connectivity index is 2.12. The fourth-order valence-electron chi connectivity index (χ4n) is 1.99. The molecule has 1 aromatic heterocycles. The van der Waals surface area contributed by atoms with Crippen LogP contribution in [-0.2, 0) is 6.54 Å². The Morgan fingerprint density at radius 2 is 2.04 bits per heavy atom. The van der Waals surface area contributed by atoms with Gasteiger partial charge in [0.2, 0.25) is 0 Å². The summed E-state index contributed by atoms with van der Waals surface area (Å²) in [6.07, 6.45) is 1.86. The van der Waals surface area contributed by atoms with Gasteiger partial charge in [-0.1, -0.05) is 0 Å². The number of aliphatic imine (C=N–C) groups is 1. The Morgan fingerprint density at radius 1 is 1.26 bits per heavy atom. The third kappa shape index (κ3) is 4.85. The molecule has 0 bridgehead atoms. The largest absolute Gasteiger partial charge is 0.493 e. The number of methoxy groups -OCH3 is 2. The van der Waals surface area contributed by atoms with Crippen molar-refractivity contribution in [2.75, 3.05) is 26.1 Å². The van der Waals surface area contributed by atoms with Crippen LogP contribution in [0.1, 0.15) is 16.8 Å². The highest BCUT2D eigenvalue weighted by Crippen LogP contribution is 2.29. The van der Waals surface area contributed by atoms with Crippen molar-refractivity contribution in [1.29, 1.82) is 0 Å². The van der Waals surface area contributed by atoms with Crippen molar-refractivity contribution in [3.05, 3.63) is 34.3 Å². The normalized spacial score (nSPS) is 11.2. The molecule has 2 rings (SSSR count). The molecule has 0 amide bonds. The molecule has 1 aromatic carbocycles. The molecule has 2 aromatic rings. The fourth-order valence-corrected chi connectivity index (χ4v) is 2.71. The van der Waals surface area contributed by atoms with Gasteiger partial charge in [-0.05, 0) is 26.0 Å². The second kappa shape index (κ2) is 8.38. The number of hydrogen-bond donors (Lipinski definition) is 2. The topological polar surface area (TPSA) is 67.8 Å². The summed E-state index contributed by atoms with van der Waals surface area (Å²) in [6.45, 7) is 5.39. The summed E-state index contributed by atoms with van der Waals surface area (Å²) < 4.78 is 10.6. The van der Waals surface area contributed by atoms with Gasteiger partial charge in [0.05, 0.1) is 25.8 Å².